The van der Waals surface area contributed by atoms with Gasteiger partial charge in [-0.15, -0.1) is 0 Å². The summed E-state index contributed by atoms with van der Waals surface area (Å²) in [5.41, 5.74) is 2.66. The Labute approximate surface area is 71.8 Å². The molecule has 0 aliphatic carbocycles. The van der Waals surface area contributed by atoms with Gasteiger partial charge in [-0.2, -0.15) is 0 Å². The van der Waals surface area contributed by atoms with Gasteiger partial charge < -0.3 is 9.64 Å². The van der Waals surface area contributed by atoms with Crippen LogP contribution in [-0.4, -0.2) is 37.2 Å². The first-order valence-electron chi connectivity index (χ1n) is 4.07. The molecular formula is C7H15N3O2. The summed E-state index contributed by atoms with van der Waals surface area (Å²) in [5.74, 6) is 5.28. The Morgan fingerprint density at radius 1 is 1.75 bits per heavy atom. The highest BCUT2D eigenvalue weighted by Crippen LogP contribution is 2.09. The van der Waals surface area contributed by atoms with Crippen LogP contribution in [0.25, 0.3) is 0 Å². The van der Waals surface area contributed by atoms with Gasteiger partial charge in [-0.1, -0.05) is 0 Å². The Balaban J connectivity index is 2.40. The van der Waals surface area contributed by atoms with E-state index in [-0.39, 0.29) is 12.1 Å². The third kappa shape index (κ3) is 2.09. The highest BCUT2D eigenvalue weighted by Gasteiger charge is 2.22. The molecule has 0 aromatic rings. The number of carbonyl (C=O) groups is 1. The summed E-state index contributed by atoms with van der Waals surface area (Å²) in [4.78, 5) is 12.7. The largest absolute Gasteiger partial charge is 0.453 e. The lowest BCUT2D eigenvalue weighted by Crippen LogP contribution is -2.50. The van der Waals surface area contributed by atoms with Gasteiger partial charge in [-0.25, -0.2) is 4.79 Å². The first kappa shape index (κ1) is 9.28. The van der Waals surface area contributed by atoms with Gasteiger partial charge >= 0.3 is 6.09 Å². The minimum atomic E-state index is -0.269. The molecule has 3 N–H and O–H groups in total. The second kappa shape index (κ2) is 4.27. The van der Waals surface area contributed by atoms with E-state index in [1.165, 1.54) is 7.11 Å². The molecule has 70 valence electrons. The summed E-state index contributed by atoms with van der Waals surface area (Å²) in [5, 5.41) is 0. The molecular weight excluding hydrogens is 158 g/mol. The predicted octanol–water partition coefficient (Wildman–Crippen LogP) is -0.319. The standard InChI is InChI=1S/C7H15N3O2/c1-12-7(11)10-4-2-3-6(5-10)9-8/h6,9H,2-5,8H2,1H3. The van der Waals surface area contributed by atoms with Crippen LogP contribution >= 0.6 is 0 Å². The maximum Gasteiger partial charge on any atom is 0.409 e. The lowest BCUT2D eigenvalue weighted by molar-refractivity contribution is 0.107. The van der Waals surface area contributed by atoms with E-state index in [2.05, 4.69) is 10.2 Å². The average Bonchev–Trinajstić information content (AvgIpc) is 2.17. The van der Waals surface area contributed by atoms with Crippen LogP contribution in [0.2, 0.25) is 0 Å². The molecule has 0 bridgehead atoms. The van der Waals surface area contributed by atoms with Gasteiger partial charge in [0.05, 0.1) is 7.11 Å². The van der Waals surface area contributed by atoms with E-state index in [4.69, 9.17) is 5.84 Å². The average molecular weight is 173 g/mol. The monoisotopic (exact) mass is 173 g/mol. The lowest BCUT2D eigenvalue weighted by atomic mass is 10.1. The molecule has 12 heavy (non-hydrogen) atoms. The zero-order valence-electron chi connectivity index (χ0n) is 7.25. The highest BCUT2D eigenvalue weighted by molar-refractivity contribution is 5.67. The number of hydrazine groups is 1. The topological polar surface area (TPSA) is 67.6 Å². The number of hydrogen-bond donors (Lipinski definition) is 2. The summed E-state index contributed by atoms with van der Waals surface area (Å²) in [6.45, 7) is 1.41. The SMILES string of the molecule is COC(=O)N1CCCC(NN)C1. The van der Waals surface area contributed by atoms with Crippen molar-refractivity contribution in [2.75, 3.05) is 20.2 Å². The summed E-state index contributed by atoms with van der Waals surface area (Å²) < 4.78 is 4.60. The summed E-state index contributed by atoms with van der Waals surface area (Å²) in [6.07, 6.45) is 1.73. The quantitative estimate of drug-likeness (QED) is 0.421. The number of nitrogens with two attached hydrogens (primary N) is 1. The fourth-order valence-corrected chi connectivity index (χ4v) is 1.41. The van der Waals surface area contributed by atoms with Crippen molar-refractivity contribution < 1.29 is 9.53 Å². The minimum absolute atomic E-state index is 0.206. The Kier molecular flexibility index (Phi) is 3.31. The van der Waals surface area contributed by atoms with Crippen LogP contribution in [0.3, 0.4) is 0 Å². The lowest BCUT2D eigenvalue weighted by Gasteiger charge is -2.30. The van der Waals surface area contributed by atoms with Gasteiger partial charge in [-0.05, 0) is 12.8 Å². The molecule has 0 aromatic heterocycles. The van der Waals surface area contributed by atoms with E-state index in [1.807, 2.05) is 0 Å². The normalized spacial score (nSPS) is 23.8. The molecule has 1 fully saturated rings. The maximum atomic E-state index is 11.1. The molecule has 1 unspecified atom stereocenters. The van der Waals surface area contributed by atoms with E-state index in [9.17, 15) is 4.79 Å². The number of piperidine rings is 1. The zero-order valence-corrected chi connectivity index (χ0v) is 7.25. The Bertz CT molecular complexity index is 163. The van der Waals surface area contributed by atoms with Crippen molar-refractivity contribution in [3.05, 3.63) is 0 Å². The molecule has 1 aliphatic rings. The number of amides is 1. The molecule has 5 heteroatoms. The van der Waals surface area contributed by atoms with Crippen LogP contribution in [-0.2, 0) is 4.74 Å². The molecule has 1 rings (SSSR count). The Morgan fingerprint density at radius 2 is 2.50 bits per heavy atom. The number of hydrogen-bond acceptors (Lipinski definition) is 4. The van der Waals surface area contributed by atoms with Crippen molar-refractivity contribution >= 4 is 6.09 Å². The van der Waals surface area contributed by atoms with Gasteiger partial charge in [0.15, 0.2) is 0 Å². The second-order valence-electron chi connectivity index (χ2n) is 2.92. The summed E-state index contributed by atoms with van der Waals surface area (Å²) >= 11 is 0. The fraction of sp³-hybridized carbons (Fsp3) is 0.857. The first-order chi connectivity index (χ1) is 5.77. The Morgan fingerprint density at radius 3 is 3.08 bits per heavy atom. The molecule has 1 saturated heterocycles. The molecule has 0 aromatic carbocycles. The molecule has 0 spiro atoms. The van der Waals surface area contributed by atoms with Crippen molar-refractivity contribution in [2.24, 2.45) is 5.84 Å². The zero-order chi connectivity index (χ0) is 8.97. The number of methoxy groups -OCH3 is 1. The molecule has 0 radical (unpaired) electrons. The fourth-order valence-electron chi connectivity index (χ4n) is 1.41. The number of carbonyl (C=O) groups excluding carboxylic acids is 1. The molecule has 0 saturated carbocycles. The molecule has 1 atom stereocenters. The van der Waals surface area contributed by atoms with E-state index >= 15 is 0 Å². The third-order valence-corrected chi connectivity index (χ3v) is 2.09. The maximum absolute atomic E-state index is 11.1. The van der Waals surface area contributed by atoms with E-state index in [0.29, 0.717) is 6.54 Å². The van der Waals surface area contributed by atoms with Crippen LogP contribution in [0.15, 0.2) is 0 Å². The van der Waals surface area contributed by atoms with Crippen LogP contribution < -0.4 is 11.3 Å². The van der Waals surface area contributed by atoms with E-state index < -0.39 is 0 Å². The van der Waals surface area contributed by atoms with Crippen LogP contribution in [0, 0.1) is 0 Å². The third-order valence-electron chi connectivity index (χ3n) is 2.09. The number of ether oxygens (including phenoxy) is 1. The molecule has 1 amide bonds. The van der Waals surface area contributed by atoms with Gasteiger partial charge in [-0.3, -0.25) is 11.3 Å². The number of rotatable bonds is 1. The second-order valence-corrected chi connectivity index (χ2v) is 2.92. The van der Waals surface area contributed by atoms with Crippen molar-refractivity contribution in [3.8, 4) is 0 Å². The van der Waals surface area contributed by atoms with Gasteiger partial charge in [0.2, 0.25) is 0 Å². The van der Waals surface area contributed by atoms with Gasteiger partial charge in [0.25, 0.3) is 0 Å². The van der Waals surface area contributed by atoms with Gasteiger partial charge in [0.1, 0.15) is 0 Å². The predicted molar refractivity (Wildman–Crippen MR) is 44.3 cm³/mol. The summed E-state index contributed by atoms with van der Waals surface area (Å²) in [7, 11) is 1.39. The van der Waals surface area contributed by atoms with Crippen LogP contribution in [0.1, 0.15) is 12.8 Å². The summed E-state index contributed by atoms with van der Waals surface area (Å²) in [6, 6.07) is 0.206. The van der Waals surface area contributed by atoms with Gasteiger partial charge in [0, 0.05) is 19.1 Å². The van der Waals surface area contributed by atoms with Crippen molar-refractivity contribution in [3.63, 3.8) is 0 Å². The van der Waals surface area contributed by atoms with Crippen LogP contribution in [0.4, 0.5) is 4.79 Å². The van der Waals surface area contributed by atoms with Crippen molar-refractivity contribution in [1.82, 2.24) is 10.3 Å². The number of likely N-dealkylation sites (tertiary alicyclic amines) is 1. The first-order valence-corrected chi connectivity index (χ1v) is 4.07. The number of nitrogens with zero attached hydrogens (tertiary/aromatic N) is 1. The van der Waals surface area contributed by atoms with Crippen molar-refractivity contribution in [2.45, 2.75) is 18.9 Å². The number of nitrogens with one attached hydrogen (secondary N) is 1. The highest BCUT2D eigenvalue weighted by atomic mass is 16.5. The molecule has 1 aliphatic heterocycles. The van der Waals surface area contributed by atoms with Crippen LogP contribution in [0.5, 0.6) is 0 Å². The van der Waals surface area contributed by atoms with Crippen molar-refractivity contribution in [1.29, 1.82) is 0 Å². The minimum Gasteiger partial charge on any atom is -0.453 e. The van der Waals surface area contributed by atoms with E-state index in [1.54, 1.807) is 4.90 Å². The van der Waals surface area contributed by atoms with E-state index in [0.717, 1.165) is 19.4 Å². The Hall–Kier alpha value is -0.810. The molecule has 1 heterocycles. The smallest absolute Gasteiger partial charge is 0.409 e. The molecule has 5 nitrogen and oxygen atoms in total.